The average Bonchev–Trinajstić information content (AvgIpc) is 2.25. The molecule has 0 aliphatic carbocycles. The van der Waals surface area contributed by atoms with Crippen LogP contribution in [-0.2, 0) is 9.59 Å². The standard InChI is InChI=1S/C12H26N4O2/c1-7(5-9(13)11(15)17)3-4-8(2)6-10(14)12(16)18/h7-10H,3-6,13-14H2,1-2H3,(H2,15,17)(H2,16,18)/t7?,8?,9-,10?/m0/s1. The van der Waals surface area contributed by atoms with Crippen LogP contribution in [0.1, 0.15) is 39.5 Å². The van der Waals surface area contributed by atoms with Gasteiger partial charge in [-0.1, -0.05) is 26.7 Å². The Morgan fingerprint density at radius 2 is 1.11 bits per heavy atom. The molecule has 0 aromatic rings. The van der Waals surface area contributed by atoms with E-state index in [-0.39, 0.29) is 0 Å². The lowest BCUT2D eigenvalue weighted by Crippen LogP contribution is -2.38. The lowest BCUT2D eigenvalue weighted by Gasteiger charge is -2.19. The maximum atomic E-state index is 10.8. The van der Waals surface area contributed by atoms with Crippen molar-refractivity contribution in [2.45, 2.75) is 51.6 Å². The second kappa shape index (κ2) is 8.05. The molecule has 0 saturated carbocycles. The Labute approximate surface area is 108 Å². The summed E-state index contributed by atoms with van der Waals surface area (Å²) in [5.41, 5.74) is 21.4. The van der Waals surface area contributed by atoms with E-state index in [1.165, 1.54) is 0 Å². The predicted molar refractivity (Wildman–Crippen MR) is 71.1 cm³/mol. The van der Waals surface area contributed by atoms with Crippen molar-refractivity contribution in [3.05, 3.63) is 0 Å². The number of hydrogen-bond donors (Lipinski definition) is 4. The summed E-state index contributed by atoms with van der Waals surface area (Å²) in [6.45, 7) is 4.06. The summed E-state index contributed by atoms with van der Waals surface area (Å²) in [5.74, 6) is -0.296. The lowest BCUT2D eigenvalue weighted by atomic mass is 9.90. The maximum Gasteiger partial charge on any atom is 0.234 e. The van der Waals surface area contributed by atoms with E-state index in [0.717, 1.165) is 12.8 Å². The van der Waals surface area contributed by atoms with E-state index in [1.807, 2.05) is 13.8 Å². The van der Waals surface area contributed by atoms with Gasteiger partial charge in [0.25, 0.3) is 0 Å². The quantitative estimate of drug-likeness (QED) is 0.440. The van der Waals surface area contributed by atoms with E-state index in [9.17, 15) is 9.59 Å². The number of nitrogens with two attached hydrogens (primary N) is 4. The van der Waals surface area contributed by atoms with Gasteiger partial charge in [-0.25, -0.2) is 0 Å². The summed E-state index contributed by atoms with van der Waals surface area (Å²) in [5, 5.41) is 0. The highest BCUT2D eigenvalue weighted by molar-refractivity contribution is 5.79. The molecule has 0 fully saturated rings. The van der Waals surface area contributed by atoms with Crippen molar-refractivity contribution in [1.29, 1.82) is 0 Å². The molecule has 8 N–H and O–H groups in total. The number of primary amides is 2. The van der Waals surface area contributed by atoms with Crippen molar-refractivity contribution in [1.82, 2.24) is 0 Å². The van der Waals surface area contributed by atoms with Gasteiger partial charge in [0.2, 0.25) is 11.8 Å². The van der Waals surface area contributed by atoms with Gasteiger partial charge in [-0.3, -0.25) is 9.59 Å². The molecular weight excluding hydrogens is 232 g/mol. The normalized spacial score (nSPS) is 17.8. The van der Waals surface area contributed by atoms with E-state index in [1.54, 1.807) is 0 Å². The van der Waals surface area contributed by atoms with Gasteiger partial charge in [-0.05, 0) is 24.7 Å². The van der Waals surface area contributed by atoms with Crippen LogP contribution in [-0.4, -0.2) is 23.9 Å². The molecule has 0 aliphatic heterocycles. The SMILES string of the molecule is CC(CCC(C)C[C@H](N)C(N)=O)CC(N)C(N)=O. The maximum absolute atomic E-state index is 10.8. The molecule has 0 aromatic heterocycles. The van der Waals surface area contributed by atoms with Gasteiger partial charge in [0.15, 0.2) is 0 Å². The van der Waals surface area contributed by atoms with Crippen LogP contribution in [0.15, 0.2) is 0 Å². The van der Waals surface area contributed by atoms with Gasteiger partial charge in [-0.2, -0.15) is 0 Å². The van der Waals surface area contributed by atoms with E-state index < -0.39 is 23.9 Å². The molecule has 6 heteroatoms. The molecule has 106 valence electrons. The first-order chi connectivity index (χ1) is 8.23. The van der Waals surface area contributed by atoms with E-state index in [0.29, 0.717) is 24.7 Å². The molecule has 0 rings (SSSR count). The van der Waals surface area contributed by atoms with Crippen LogP contribution in [0.5, 0.6) is 0 Å². The first kappa shape index (κ1) is 16.9. The number of carbonyl (C=O) groups is 2. The highest BCUT2D eigenvalue weighted by Gasteiger charge is 2.17. The van der Waals surface area contributed by atoms with E-state index >= 15 is 0 Å². The fraction of sp³-hybridized carbons (Fsp3) is 0.833. The monoisotopic (exact) mass is 258 g/mol. The van der Waals surface area contributed by atoms with Gasteiger partial charge in [0.05, 0.1) is 12.1 Å². The zero-order valence-corrected chi connectivity index (χ0v) is 11.3. The lowest BCUT2D eigenvalue weighted by molar-refractivity contribution is -0.120. The van der Waals surface area contributed by atoms with Gasteiger partial charge < -0.3 is 22.9 Å². The Morgan fingerprint density at radius 1 is 0.833 bits per heavy atom. The smallest absolute Gasteiger partial charge is 0.234 e. The van der Waals surface area contributed by atoms with Gasteiger partial charge in [0.1, 0.15) is 0 Å². The van der Waals surface area contributed by atoms with Crippen molar-refractivity contribution >= 4 is 11.8 Å². The number of rotatable bonds is 9. The highest BCUT2D eigenvalue weighted by atomic mass is 16.1. The minimum Gasteiger partial charge on any atom is -0.368 e. The summed E-state index contributed by atoms with van der Waals surface area (Å²) in [7, 11) is 0. The molecule has 0 spiro atoms. The molecule has 3 unspecified atom stereocenters. The molecule has 6 nitrogen and oxygen atoms in total. The topological polar surface area (TPSA) is 138 Å². The van der Waals surface area contributed by atoms with Gasteiger partial charge in [0, 0.05) is 0 Å². The Morgan fingerprint density at radius 3 is 1.33 bits per heavy atom. The van der Waals surface area contributed by atoms with Crippen LogP contribution in [0.3, 0.4) is 0 Å². The second-order valence-electron chi connectivity index (χ2n) is 5.28. The Hall–Kier alpha value is -1.14. The van der Waals surface area contributed by atoms with Crippen LogP contribution in [0, 0.1) is 11.8 Å². The minimum absolute atomic E-state index is 0.319. The average molecular weight is 258 g/mol. The number of hydrogen-bond acceptors (Lipinski definition) is 4. The van der Waals surface area contributed by atoms with Gasteiger partial charge in [-0.15, -0.1) is 0 Å². The number of carbonyl (C=O) groups excluding carboxylic acids is 2. The van der Waals surface area contributed by atoms with E-state index in [4.69, 9.17) is 22.9 Å². The van der Waals surface area contributed by atoms with Gasteiger partial charge >= 0.3 is 0 Å². The minimum atomic E-state index is -0.580. The molecule has 0 heterocycles. The first-order valence-electron chi connectivity index (χ1n) is 6.33. The first-order valence-corrected chi connectivity index (χ1v) is 6.33. The molecule has 0 radical (unpaired) electrons. The molecule has 4 atom stereocenters. The second-order valence-corrected chi connectivity index (χ2v) is 5.28. The Kier molecular flexibility index (Phi) is 7.54. The van der Waals surface area contributed by atoms with Crippen LogP contribution in [0.25, 0.3) is 0 Å². The molecule has 0 bridgehead atoms. The molecule has 0 saturated heterocycles. The fourth-order valence-electron chi connectivity index (χ4n) is 1.90. The summed E-state index contributed by atoms with van der Waals surface area (Å²) < 4.78 is 0. The molecule has 18 heavy (non-hydrogen) atoms. The van der Waals surface area contributed by atoms with Crippen molar-refractivity contribution in [3.8, 4) is 0 Å². The van der Waals surface area contributed by atoms with Crippen molar-refractivity contribution in [3.63, 3.8) is 0 Å². The summed E-state index contributed by atoms with van der Waals surface area (Å²) in [4.78, 5) is 21.6. The number of amides is 2. The molecule has 0 aliphatic rings. The third-order valence-corrected chi connectivity index (χ3v) is 3.20. The largest absolute Gasteiger partial charge is 0.368 e. The van der Waals surface area contributed by atoms with Crippen LogP contribution in [0.2, 0.25) is 0 Å². The summed E-state index contributed by atoms with van der Waals surface area (Å²) in [6.07, 6.45) is 3.02. The summed E-state index contributed by atoms with van der Waals surface area (Å²) in [6, 6.07) is -1.16. The van der Waals surface area contributed by atoms with Crippen LogP contribution in [0.4, 0.5) is 0 Å². The van der Waals surface area contributed by atoms with Crippen molar-refractivity contribution in [2.75, 3.05) is 0 Å². The fourth-order valence-corrected chi connectivity index (χ4v) is 1.90. The highest BCUT2D eigenvalue weighted by Crippen LogP contribution is 2.19. The van der Waals surface area contributed by atoms with Crippen molar-refractivity contribution in [2.24, 2.45) is 34.8 Å². The zero-order chi connectivity index (χ0) is 14.3. The third kappa shape index (κ3) is 7.24. The van der Waals surface area contributed by atoms with Crippen molar-refractivity contribution < 1.29 is 9.59 Å². The van der Waals surface area contributed by atoms with Crippen LogP contribution >= 0.6 is 0 Å². The Bertz CT molecular complexity index is 255. The summed E-state index contributed by atoms with van der Waals surface area (Å²) >= 11 is 0. The Balaban J connectivity index is 3.87. The van der Waals surface area contributed by atoms with E-state index in [2.05, 4.69) is 0 Å². The molecule has 0 aromatic carbocycles. The van der Waals surface area contributed by atoms with Crippen LogP contribution < -0.4 is 22.9 Å². The zero-order valence-electron chi connectivity index (χ0n) is 11.3. The molecular formula is C12H26N4O2. The molecule has 2 amide bonds. The third-order valence-electron chi connectivity index (χ3n) is 3.20. The predicted octanol–water partition coefficient (Wildman–Crippen LogP) is -0.556.